The van der Waals surface area contributed by atoms with Crippen molar-refractivity contribution in [3.8, 4) is 5.75 Å². The van der Waals surface area contributed by atoms with E-state index in [4.69, 9.17) is 25.5 Å². The predicted molar refractivity (Wildman–Crippen MR) is 88.1 cm³/mol. The number of benzene rings is 2. The van der Waals surface area contributed by atoms with Crippen LogP contribution in [0.15, 0.2) is 51.7 Å². The van der Waals surface area contributed by atoms with Crippen molar-refractivity contribution < 1.29 is 13.9 Å². The summed E-state index contributed by atoms with van der Waals surface area (Å²) in [7, 11) is 1.63. The van der Waals surface area contributed by atoms with E-state index in [-0.39, 0.29) is 0 Å². The molecule has 3 aromatic rings. The Hall–Kier alpha value is -2.24. The van der Waals surface area contributed by atoms with Gasteiger partial charge in [0.1, 0.15) is 5.75 Å². The van der Waals surface area contributed by atoms with E-state index in [0.29, 0.717) is 35.9 Å². The Morgan fingerprint density at radius 2 is 1.96 bits per heavy atom. The molecule has 0 saturated carbocycles. The maximum atomic E-state index is 11.9. The summed E-state index contributed by atoms with van der Waals surface area (Å²) in [6.07, 6.45) is 0. The molecule has 3 rings (SSSR count). The maximum Gasteiger partial charge on any atom is 0.420 e. The van der Waals surface area contributed by atoms with Crippen molar-refractivity contribution in [1.82, 2.24) is 4.57 Å². The first-order chi connectivity index (χ1) is 11.2. The minimum absolute atomic E-state index is 0.406. The number of fused-ring (bicyclic) bond motifs is 1. The molecule has 2 aromatic carbocycles. The smallest absolute Gasteiger partial charge is 0.420 e. The highest BCUT2D eigenvalue weighted by Gasteiger charge is 2.09. The summed E-state index contributed by atoms with van der Waals surface area (Å²) in [5.41, 5.74) is 2.24. The molecule has 6 heteroatoms. The lowest BCUT2D eigenvalue weighted by Gasteiger charge is -2.06. The third-order valence-electron chi connectivity index (χ3n) is 3.52. The molecule has 1 aromatic heterocycles. The Bertz CT molecular complexity index is 851. The van der Waals surface area contributed by atoms with E-state index in [1.807, 2.05) is 24.3 Å². The molecule has 0 amide bonds. The minimum atomic E-state index is -0.407. The highest BCUT2D eigenvalue weighted by atomic mass is 35.5. The lowest BCUT2D eigenvalue weighted by atomic mass is 10.2. The van der Waals surface area contributed by atoms with Crippen LogP contribution in [0.5, 0.6) is 5.75 Å². The summed E-state index contributed by atoms with van der Waals surface area (Å²) in [5.74, 6) is 0.402. The molecule has 5 nitrogen and oxygen atoms in total. The molecule has 0 fully saturated rings. The van der Waals surface area contributed by atoms with E-state index >= 15 is 0 Å². The fraction of sp³-hybridized carbons (Fsp3) is 0.235. The number of hydrogen-bond acceptors (Lipinski definition) is 4. The molecule has 0 aliphatic rings. The second-order valence-electron chi connectivity index (χ2n) is 5.03. The molecule has 0 aliphatic carbocycles. The Morgan fingerprint density at radius 3 is 2.70 bits per heavy atom. The van der Waals surface area contributed by atoms with Crippen molar-refractivity contribution in [2.24, 2.45) is 0 Å². The van der Waals surface area contributed by atoms with Gasteiger partial charge in [0.05, 0.1) is 32.4 Å². The van der Waals surface area contributed by atoms with Crippen LogP contribution in [0.25, 0.3) is 11.1 Å². The number of oxazole rings is 1. The van der Waals surface area contributed by atoms with Crippen LogP contribution in [-0.4, -0.2) is 18.3 Å². The van der Waals surface area contributed by atoms with E-state index < -0.39 is 5.76 Å². The molecule has 23 heavy (non-hydrogen) atoms. The first-order valence-corrected chi connectivity index (χ1v) is 7.55. The average molecular weight is 334 g/mol. The number of methoxy groups -OCH3 is 1. The van der Waals surface area contributed by atoms with Crippen LogP contribution < -0.4 is 10.5 Å². The number of halogens is 1. The molecule has 0 aliphatic heterocycles. The van der Waals surface area contributed by atoms with E-state index in [1.165, 1.54) is 0 Å². The Morgan fingerprint density at radius 1 is 1.17 bits per heavy atom. The van der Waals surface area contributed by atoms with Gasteiger partial charge in [0.15, 0.2) is 5.58 Å². The molecule has 0 unspecified atom stereocenters. The number of rotatable bonds is 6. The molecule has 0 bridgehead atoms. The van der Waals surface area contributed by atoms with Gasteiger partial charge in [-0.3, -0.25) is 4.57 Å². The topological polar surface area (TPSA) is 53.6 Å². The fourth-order valence-electron chi connectivity index (χ4n) is 2.32. The lowest BCUT2D eigenvalue weighted by Crippen LogP contribution is -2.17. The van der Waals surface area contributed by atoms with Crippen molar-refractivity contribution >= 4 is 22.7 Å². The maximum absolute atomic E-state index is 11.9. The minimum Gasteiger partial charge on any atom is -0.497 e. The van der Waals surface area contributed by atoms with Crippen molar-refractivity contribution in [2.45, 2.75) is 13.2 Å². The molecule has 0 spiro atoms. The van der Waals surface area contributed by atoms with Crippen LogP contribution in [0.3, 0.4) is 0 Å². The van der Waals surface area contributed by atoms with Gasteiger partial charge in [-0.1, -0.05) is 23.7 Å². The second-order valence-corrected chi connectivity index (χ2v) is 5.47. The van der Waals surface area contributed by atoms with Gasteiger partial charge in [0, 0.05) is 11.1 Å². The SMILES string of the molecule is COc1ccc(COCCn2c(=O)oc3cc(Cl)ccc32)cc1. The van der Waals surface area contributed by atoms with E-state index in [0.717, 1.165) is 11.3 Å². The van der Waals surface area contributed by atoms with E-state index in [9.17, 15) is 4.79 Å². The number of ether oxygens (including phenoxy) is 2. The number of aromatic nitrogens is 1. The first-order valence-electron chi connectivity index (χ1n) is 7.17. The second kappa shape index (κ2) is 6.89. The van der Waals surface area contributed by atoms with Gasteiger partial charge in [-0.15, -0.1) is 0 Å². The molecule has 0 atom stereocenters. The summed E-state index contributed by atoms with van der Waals surface area (Å²) in [6.45, 7) is 1.30. The first kappa shape index (κ1) is 15.6. The van der Waals surface area contributed by atoms with Crippen molar-refractivity contribution in [2.75, 3.05) is 13.7 Å². The van der Waals surface area contributed by atoms with Crippen LogP contribution in [0.2, 0.25) is 5.02 Å². The molecular weight excluding hydrogens is 318 g/mol. The van der Waals surface area contributed by atoms with Crippen molar-refractivity contribution in [3.63, 3.8) is 0 Å². The van der Waals surface area contributed by atoms with Gasteiger partial charge in [0.2, 0.25) is 0 Å². The third kappa shape index (κ3) is 3.57. The highest BCUT2D eigenvalue weighted by molar-refractivity contribution is 6.31. The van der Waals surface area contributed by atoms with Gasteiger partial charge in [-0.25, -0.2) is 4.79 Å². The van der Waals surface area contributed by atoms with Crippen LogP contribution in [0.1, 0.15) is 5.56 Å². The molecule has 120 valence electrons. The highest BCUT2D eigenvalue weighted by Crippen LogP contribution is 2.18. The largest absolute Gasteiger partial charge is 0.497 e. The normalized spacial score (nSPS) is 11.0. The summed E-state index contributed by atoms with van der Waals surface area (Å²) in [5, 5.41) is 0.536. The van der Waals surface area contributed by atoms with E-state index in [2.05, 4.69) is 0 Å². The zero-order valence-corrected chi connectivity index (χ0v) is 13.4. The van der Waals surface area contributed by atoms with Gasteiger partial charge < -0.3 is 13.9 Å². The average Bonchev–Trinajstić information content (AvgIpc) is 2.86. The quantitative estimate of drug-likeness (QED) is 0.648. The number of hydrogen-bond donors (Lipinski definition) is 0. The molecule has 0 saturated heterocycles. The van der Waals surface area contributed by atoms with E-state index in [1.54, 1.807) is 29.9 Å². The summed E-state index contributed by atoms with van der Waals surface area (Å²) in [4.78, 5) is 11.9. The van der Waals surface area contributed by atoms with Crippen LogP contribution >= 0.6 is 11.6 Å². The zero-order valence-electron chi connectivity index (χ0n) is 12.6. The Balaban J connectivity index is 1.60. The molecule has 0 radical (unpaired) electrons. The predicted octanol–water partition coefficient (Wildman–Crippen LogP) is 3.47. The Kier molecular flexibility index (Phi) is 4.69. The van der Waals surface area contributed by atoms with Gasteiger partial charge >= 0.3 is 5.76 Å². The zero-order chi connectivity index (χ0) is 16.2. The monoisotopic (exact) mass is 333 g/mol. The van der Waals surface area contributed by atoms with Gasteiger partial charge in [-0.05, 0) is 29.8 Å². The number of nitrogens with zero attached hydrogens (tertiary/aromatic N) is 1. The van der Waals surface area contributed by atoms with Crippen LogP contribution in [-0.2, 0) is 17.9 Å². The third-order valence-corrected chi connectivity index (χ3v) is 3.75. The summed E-state index contributed by atoms with van der Waals surface area (Å²) in [6, 6.07) is 12.8. The molecular formula is C17H16ClNO4. The molecule has 0 N–H and O–H groups in total. The Labute approximate surface area is 138 Å². The van der Waals surface area contributed by atoms with Gasteiger partial charge in [-0.2, -0.15) is 0 Å². The van der Waals surface area contributed by atoms with Crippen molar-refractivity contribution in [3.05, 3.63) is 63.6 Å². The van der Waals surface area contributed by atoms with Crippen LogP contribution in [0.4, 0.5) is 0 Å². The van der Waals surface area contributed by atoms with Crippen molar-refractivity contribution in [1.29, 1.82) is 0 Å². The molecule has 1 heterocycles. The van der Waals surface area contributed by atoms with Crippen LogP contribution in [0, 0.1) is 0 Å². The lowest BCUT2D eigenvalue weighted by molar-refractivity contribution is 0.112. The van der Waals surface area contributed by atoms with Gasteiger partial charge in [0.25, 0.3) is 0 Å². The summed E-state index contributed by atoms with van der Waals surface area (Å²) >= 11 is 5.89. The standard InChI is InChI=1S/C17H16ClNO4/c1-21-14-5-2-12(3-6-14)11-22-9-8-19-15-7-4-13(18)10-16(15)23-17(19)20/h2-7,10H,8-9,11H2,1H3. The fourth-order valence-corrected chi connectivity index (χ4v) is 2.48. The summed E-state index contributed by atoms with van der Waals surface area (Å²) < 4.78 is 17.4.